The SMILES string of the molecule is CCOC(=O)N1CCC(NS(=O)(=O)c2cc(Cl)ccc2Cl)CC1. The van der Waals surface area contributed by atoms with Gasteiger partial charge < -0.3 is 9.64 Å². The van der Waals surface area contributed by atoms with Crippen molar-refractivity contribution in [3.05, 3.63) is 28.2 Å². The molecule has 9 heteroatoms. The monoisotopic (exact) mass is 380 g/mol. The normalized spacial score (nSPS) is 16.4. The van der Waals surface area contributed by atoms with Gasteiger partial charge in [-0.25, -0.2) is 17.9 Å². The Balaban J connectivity index is 2.00. The summed E-state index contributed by atoms with van der Waals surface area (Å²) in [6.07, 6.45) is 0.651. The number of carbonyl (C=O) groups excluding carboxylic acids is 1. The number of rotatable bonds is 4. The third kappa shape index (κ3) is 4.73. The molecule has 1 heterocycles. The molecule has 1 fully saturated rings. The number of halogens is 2. The second kappa shape index (κ2) is 7.70. The highest BCUT2D eigenvalue weighted by atomic mass is 35.5. The van der Waals surface area contributed by atoms with Gasteiger partial charge in [0, 0.05) is 24.2 Å². The van der Waals surface area contributed by atoms with Crippen molar-refractivity contribution in [2.24, 2.45) is 0 Å². The Hall–Kier alpha value is -1.02. The van der Waals surface area contributed by atoms with Crippen LogP contribution in [-0.4, -0.2) is 45.1 Å². The quantitative estimate of drug-likeness (QED) is 0.870. The Bertz CT molecular complexity index is 673. The van der Waals surface area contributed by atoms with Gasteiger partial charge >= 0.3 is 6.09 Å². The second-order valence-corrected chi connectivity index (χ2v) is 7.68. The molecular weight excluding hydrogens is 363 g/mol. The van der Waals surface area contributed by atoms with Crippen molar-refractivity contribution in [2.45, 2.75) is 30.7 Å². The zero-order valence-electron chi connectivity index (χ0n) is 12.6. The number of nitrogens with zero attached hydrogens (tertiary/aromatic N) is 1. The van der Waals surface area contributed by atoms with Gasteiger partial charge in [-0.05, 0) is 38.0 Å². The van der Waals surface area contributed by atoms with Crippen molar-refractivity contribution in [3.63, 3.8) is 0 Å². The van der Waals surface area contributed by atoms with Crippen LogP contribution in [0.4, 0.5) is 4.79 Å². The van der Waals surface area contributed by atoms with Gasteiger partial charge in [0.25, 0.3) is 0 Å². The highest BCUT2D eigenvalue weighted by Crippen LogP contribution is 2.25. The van der Waals surface area contributed by atoms with E-state index in [1.54, 1.807) is 11.8 Å². The smallest absolute Gasteiger partial charge is 0.409 e. The van der Waals surface area contributed by atoms with Gasteiger partial charge in [-0.15, -0.1) is 0 Å². The number of benzene rings is 1. The lowest BCUT2D eigenvalue weighted by Gasteiger charge is -2.31. The zero-order chi connectivity index (χ0) is 17.0. The van der Waals surface area contributed by atoms with Crippen LogP contribution < -0.4 is 4.72 Å². The van der Waals surface area contributed by atoms with Crippen molar-refractivity contribution in [1.82, 2.24) is 9.62 Å². The molecule has 128 valence electrons. The summed E-state index contributed by atoms with van der Waals surface area (Å²) < 4.78 is 32.4. The number of carbonyl (C=O) groups is 1. The van der Waals surface area contributed by atoms with E-state index in [0.29, 0.717) is 37.6 Å². The van der Waals surface area contributed by atoms with Crippen LogP contribution in [0, 0.1) is 0 Å². The topological polar surface area (TPSA) is 75.7 Å². The molecule has 0 radical (unpaired) electrons. The van der Waals surface area contributed by atoms with E-state index in [1.807, 2.05) is 0 Å². The first-order valence-corrected chi connectivity index (χ1v) is 9.46. The van der Waals surface area contributed by atoms with E-state index in [2.05, 4.69) is 4.72 Å². The molecule has 1 amide bonds. The van der Waals surface area contributed by atoms with E-state index in [0.717, 1.165) is 0 Å². The number of hydrogen-bond acceptors (Lipinski definition) is 4. The van der Waals surface area contributed by atoms with Gasteiger partial charge in [0.2, 0.25) is 10.0 Å². The second-order valence-electron chi connectivity index (χ2n) is 5.16. The van der Waals surface area contributed by atoms with Gasteiger partial charge in [0.15, 0.2) is 0 Å². The first-order valence-electron chi connectivity index (χ1n) is 7.22. The molecule has 0 spiro atoms. The van der Waals surface area contributed by atoms with Crippen LogP contribution >= 0.6 is 23.2 Å². The van der Waals surface area contributed by atoms with Crippen LogP contribution in [0.2, 0.25) is 10.0 Å². The molecule has 0 unspecified atom stereocenters. The fraction of sp³-hybridized carbons (Fsp3) is 0.500. The fourth-order valence-electron chi connectivity index (χ4n) is 2.36. The number of sulfonamides is 1. The Morgan fingerprint density at radius 1 is 1.35 bits per heavy atom. The van der Waals surface area contributed by atoms with Crippen molar-refractivity contribution in [3.8, 4) is 0 Å². The molecule has 1 saturated heterocycles. The van der Waals surface area contributed by atoms with Gasteiger partial charge in [-0.2, -0.15) is 0 Å². The molecule has 0 aromatic heterocycles. The van der Waals surface area contributed by atoms with Crippen molar-refractivity contribution >= 4 is 39.3 Å². The van der Waals surface area contributed by atoms with Crippen LogP contribution in [0.15, 0.2) is 23.1 Å². The van der Waals surface area contributed by atoms with E-state index in [9.17, 15) is 13.2 Å². The lowest BCUT2D eigenvalue weighted by atomic mass is 10.1. The summed E-state index contributed by atoms with van der Waals surface area (Å²) in [6, 6.07) is 4.03. The summed E-state index contributed by atoms with van der Waals surface area (Å²) in [5.74, 6) is 0. The number of ether oxygens (including phenoxy) is 1. The average molecular weight is 381 g/mol. The summed E-state index contributed by atoms with van der Waals surface area (Å²) >= 11 is 11.8. The number of likely N-dealkylation sites (tertiary alicyclic amines) is 1. The molecule has 0 aliphatic carbocycles. The lowest BCUT2D eigenvalue weighted by Crippen LogP contribution is -2.46. The minimum absolute atomic E-state index is 0.0421. The van der Waals surface area contributed by atoms with Crippen LogP contribution in [0.1, 0.15) is 19.8 Å². The molecule has 1 N–H and O–H groups in total. The van der Waals surface area contributed by atoms with E-state index < -0.39 is 10.0 Å². The van der Waals surface area contributed by atoms with Crippen LogP contribution in [0.5, 0.6) is 0 Å². The first-order chi connectivity index (χ1) is 10.8. The molecule has 6 nitrogen and oxygen atoms in total. The van der Waals surface area contributed by atoms with Gasteiger partial charge in [-0.3, -0.25) is 0 Å². The summed E-state index contributed by atoms with van der Waals surface area (Å²) in [4.78, 5) is 13.2. The van der Waals surface area contributed by atoms with Gasteiger partial charge in [0.05, 0.1) is 11.6 Å². The minimum Gasteiger partial charge on any atom is -0.450 e. The van der Waals surface area contributed by atoms with Crippen molar-refractivity contribution < 1.29 is 17.9 Å². The van der Waals surface area contributed by atoms with E-state index in [1.165, 1.54) is 18.2 Å². The number of nitrogens with one attached hydrogen (secondary N) is 1. The van der Waals surface area contributed by atoms with E-state index in [4.69, 9.17) is 27.9 Å². The summed E-state index contributed by atoms with van der Waals surface area (Å²) in [5, 5.41) is 0.415. The third-order valence-electron chi connectivity index (χ3n) is 3.53. The molecule has 1 aliphatic heterocycles. The maximum atomic E-state index is 12.4. The van der Waals surface area contributed by atoms with Gasteiger partial charge in [0.1, 0.15) is 4.90 Å². The molecule has 1 aromatic carbocycles. The summed E-state index contributed by atoms with van der Waals surface area (Å²) in [5.41, 5.74) is 0. The van der Waals surface area contributed by atoms with Crippen molar-refractivity contribution in [2.75, 3.05) is 19.7 Å². The molecule has 1 aromatic rings. The van der Waals surface area contributed by atoms with E-state index in [-0.39, 0.29) is 22.1 Å². The van der Waals surface area contributed by atoms with Crippen molar-refractivity contribution in [1.29, 1.82) is 0 Å². The number of piperidine rings is 1. The van der Waals surface area contributed by atoms with Crippen LogP contribution in [0.25, 0.3) is 0 Å². The molecule has 0 atom stereocenters. The number of amides is 1. The first kappa shape index (κ1) is 18.3. The molecule has 0 saturated carbocycles. The Kier molecular flexibility index (Phi) is 6.13. The lowest BCUT2D eigenvalue weighted by molar-refractivity contribution is 0.0966. The Labute approximate surface area is 145 Å². The molecule has 2 rings (SSSR count). The maximum absolute atomic E-state index is 12.4. The molecule has 1 aliphatic rings. The minimum atomic E-state index is -3.76. The van der Waals surface area contributed by atoms with E-state index >= 15 is 0 Å². The molecule has 0 bridgehead atoms. The predicted octanol–water partition coefficient (Wildman–Crippen LogP) is 2.89. The highest BCUT2D eigenvalue weighted by molar-refractivity contribution is 7.89. The fourth-order valence-corrected chi connectivity index (χ4v) is 4.43. The predicted molar refractivity (Wildman–Crippen MR) is 88.4 cm³/mol. The Morgan fingerprint density at radius 3 is 2.61 bits per heavy atom. The molecular formula is C14H18Cl2N2O4S. The third-order valence-corrected chi connectivity index (χ3v) is 5.76. The largest absolute Gasteiger partial charge is 0.450 e. The summed E-state index contributed by atoms with van der Waals surface area (Å²) in [7, 11) is -3.76. The summed E-state index contributed by atoms with van der Waals surface area (Å²) in [6.45, 7) is 2.94. The average Bonchev–Trinajstić information content (AvgIpc) is 2.50. The standard InChI is InChI=1S/C14H18Cl2N2O4S/c1-2-22-14(19)18-7-5-11(6-8-18)17-23(20,21)13-9-10(15)3-4-12(13)16/h3-4,9,11,17H,2,5-8H2,1H3. The molecule has 23 heavy (non-hydrogen) atoms. The zero-order valence-corrected chi connectivity index (χ0v) is 14.9. The number of hydrogen-bond donors (Lipinski definition) is 1. The highest BCUT2D eigenvalue weighted by Gasteiger charge is 2.28. The van der Waals surface area contributed by atoms with Crippen LogP contribution in [0.3, 0.4) is 0 Å². The van der Waals surface area contributed by atoms with Crippen LogP contribution in [-0.2, 0) is 14.8 Å². The van der Waals surface area contributed by atoms with Gasteiger partial charge in [-0.1, -0.05) is 23.2 Å². The maximum Gasteiger partial charge on any atom is 0.409 e. The Morgan fingerprint density at radius 2 is 2.00 bits per heavy atom.